The zero-order valence-electron chi connectivity index (χ0n) is 22.3. The lowest BCUT2D eigenvalue weighted by atomic mass is 10.1. The largest absolute Gasteiger partial charge is 0.497 e. The first-order valence-electron chi connectivity index (χ1n) is 11.6. The average Bonchev–Trinajstić information content (AvgIpc) is 3.28. The number of pyridine rings is 1. The fourth-order valence-corrected chi connectivity index (χ4v) is 3.40. The van der Waals surface area contributed by atoms with Gasteiger partial charge in [0, 0.05) is 18.8 Å². The zero-order valence-corrected chi connectivity index (χ0v) is 22.3. The zero-order chi connectivity index (χ0) is 29.5. The van der Waals surface area contributed by atoms with E-state index in [0.29, 0.717) is 23.3 Å². The number of carbonyl (C=O) groups excluding carboxylic acids is 1. The monoisotopic (exact) mass is 552 g/mol. The van der Waals surface area contributed by atoms with Gasteiger partial charge in [-0.3, -0.25) is 24.3 Å². The predicted octanol–water partition coefficient (Wildman–Crippen LogP) is 5.98. The highest BCUT2D eigenvalue weighted by Crippen LogP contribution is 2.36. The van der Waals surface area contributed by atoms with Crippen molar-refractivity contribution in [2.75, 3.05) is 14.2 Å². The van der Waals surface area contributed by atoms with Crippen LogP contribution in [0, 0.1) is 11.6 Å². The van der Waals surface area contributed by atoms with Gasteiger partial charge in [0.1, 0.15) is 17.0 Å². The van der Waals surface area contributed by atoms with Gasteiger partial charge in [-0.05, 0) is 45.4 Å². The molecule has 0 unspecified atom stereocenters. The number of carbonyl (C=O) groups is 1. The number of imidazole rings is 1. The van der Waals surface area contributed by atoms with Gasteiger partial charge in [-0.2, -0.15) is 13.2 Å². The van der Waals surface area contributed by atoms with Crippen LogP contribution in [0.3, 0.4) is 0 Å². The minimum Gasteiger partial charge on any atom is -0.497 e. The SMILES string of the molecule is C=C(OC)c1ccc2c(c1)nc(C(F)(F)F)n2C(C)(C)/N=C\CC.CN=C(C)NC(=O)c1c(F)cncc1F. The normalized spacial score (nSPS) is 12.3. The molecule has 13 heteroatoms. The van der Waals surface area contributed by atoms with Crippen LogP contribution in [-0.2, 0) is 16.6 Å². The van der Waals surface area contributed by atoms with Crippen molar-refractivity contribution in [2.24, 2.45) is 9.98 Å². The van der Waals surface area contributed by atoms with E-state index in [2.05, 4.69) is 31.8 Å². The molecule has 1 amide bonds. The minimum atomic E-state index is -4.59. The van der Waals surface area contributed by atoms with E-state index in [4.69, 9.17) is 4.74 Å². The van der Waals surface area contributed by atoms with Gasteiger partial charge in [-0.1, -0.05) is 13.5 Å². The van der Waals surface area contributed by atoms with E-state index < -0.39 is 40.8 Å². The average molecular weight is 553 g/mol. The van der Waals surface area contributed by atoms with Crippen LogP contribution in [0.1, 0.15) is 55.9 Å². The Kier molecular flexibility index (Phi) is 10.0. The summed E-state index contributed by atoms with van der Waals surface area (Å²) in [6.45, 7) is 10.3. The Labute approximate surface area is 222 Å². The number of amidine groups is 1. The Morgan fingerprint density at radius 1 is 1.21 bits per heavy atom. The molecule has 0 aliphatic heterocycles. The van der Waals surface area contributed by atoms with Gasteiger partial charge in [0.25, 0.3) is 5.91 Å². The Bertz CT molecular complexity index is 1390. The summed E-state index contributed by atoms with van der Waals surface area (Å²) in [5, 5.41) is 2.23. The molecule has 2 aromatic heterocycles. The van der Waals surface area contributed by atoms with Crippen molar-refractivity contribution in [3.8, 4) is 0 Å². The summed E-state index contributed by atoms with van der Waals surface area (Å²) in [6.07, 6.45) is -0.800. The number of hydrogen-bond donors (Lipinski definition) is 1. The molecule has 3 rings (SSSR count). The number of alkyl halides is 3. The van der Waals surface area contributed by atoms with E-state index in [9.17, 15) is 26.7 Å². The molecule has 1 N–H and O–H groups in total. The number of halogens is 5. The Morgan fingerprint density at radius 3 is 2.33 bits per heavy atom. The van der Waals surface area contributed by atoms with Crippen LogP contribution in [0.25, 0.3) is 16.8 Å². The standard InChI is InChI=1S/C17H20F3N3O.C9H9F2N3O/c1-6-9-21-16(3,4)23-14-8-7-12(11(2)24-5)10-13(14)22-15(23)17(18,19)20;1-5(12-2)14-9(15)8-6(10)3-13-4-7(8)11/h7-10H,2,6H2,1,3-5H3;3-4H,1-2H3,(H,12,14,15)/b21-9-;. The molecular weight excluding hydrogens is 523 g/mol. The maximum atomic E-state index is 13.5. The van der Waals surface area contributed by atoms with Gasteiger partial charge in [0.2, 0.25) is 5.82 Å². The van der Waals surface area contributed by atoms with Crippen molar-refractivity contribution in [1.82, 2.24) is 19.9 Å². The van der Waals surface area contributed by atoms with Crippen LogP contribution in [0.2, 0.25) is 0 Å². The molecule has 210 valence electrons. The van der Waals surface area contributed by atoms with Crippen molar-refractivity contribution < 1.29 is 31.5 Å². The molecular formula is C26H29F5N6O2. The van der Waals surface area contributed by atoms with Gasteiger partial charge < -0.3 is 10.1 Å². The van der Waals surface area contributed by atoms with E-state index >= 15 is 0 Å². The molecule has 0 bridgehead atoms. The third kappa shape index (κ3) is 7.45. The quantitative estimate of drug-likeness (QED) is 0.176. The van der Waals surface area contributed by atoms with Crippen molar-refractivity contribution in [2.45, 2.75) is 46.0 Å². The molecule has 2 heterocycles. The number of rotatable bonds is 6. The summed E-state index contributed by atoms with van der Waals surface area (Å²) >= 11 is 0. The van der Waals surface area contributed by atoms with Crippen LogP contribution in [0.4, 0.5) is 22.0 Å². The lowest BCUT2D eigenvalue weighted by molar-refractivity contribution is -0.148. The molecule has 1 aromatic carbocycles. The number of ether oxygens (including phenoxy) is 1. The van der Waals surface area contributed by atoms with E-state index in [0.717, 1.165) is 17.0 Å². The number of fused-ring (bicyclic) bond motifs is 1. The van der Waals surface area contributed by atoms with Crippen LogP contribution in [0.5, 0.6) is 0 Å². The molecule has 0 radical (unpaired) electrons. The van der Waals surface area contributed by atoms with Crippen LogP contribution < -0.4 is 5.32 Å². The highest BCUT2D eigenvalue weighted by molar-refractivity contribution is 6.05. The van der Waals surface area contributed by atoms with Gasteiger partial charge in [-0.15, -0.1) is 0 Å². The summed E-state index contributed by atoms with van der Waals surface area (Å²) in [4.78, 5) is 26.3. The van der Waals surface area contributed by atoms with Crippen LogP contribution >= 0.6 is 0 Å². The lowest BCUT2D eigenvalue weighted by Gasteiger charge is -2.25. The van der Waals surface area contributed by atoms with Gasteiger partial charge in [-0.25, -0.2) is 13.8 Å². The Morgan fingerprint density at radius 2 is 1.82 bits per heavy atom. The summed E-state index contributed by atoms with van der Waals surface area (Å²) in [7, 11) is 2.91. The minimum absolute atomic E-state index is 0.220. The number of amides is 1. The second kappa shape index (κ2) is 12.6. The second-order valence-corrected chi connectivity index (χ2v) is 8.56. The molecule has 0 fully saturated rings. The maximum absolute atomic E-state index is 13.5. The van der Waals surface area contributed by atoms with Crippen molar-refractivity contribution in [3.63, 3.8) is 0 Å². The third-order valence-corrected chi connectivity index (χ3v) is 5.32. The van der Waals surface area contributed by atoms with E-state index in [1.54, 1.807) is 32.2 Å². The molecule has 0 spiro atoms. The topological polar surface area (TPSA) is 93.8 Å². The number of methoxy groups -OCH3 is 1. The summed E-state index contributed by atoms with van der Waals surface area (Å²) < 4.78 is 72.7. The number of aliphatic imine (C=N–C) groups is 2. The number of nitrogens with one attached hydrogen (secondary N) is 1. The number of nitrogens with zero attached hydrogens (tertiary/aromatic N) is 5. The molecule has 0 aliphatic carbocycles. The van der Waals surface area contributed by atoms with E-state index in [1.807, 2.05) is 6.92 Å². The predicted molar refractivity (Wildman–Crippen MR) is 140 cm³/mol. The summed E-state index contributed by atoms with van der Waals surface area (Å²) in [6, 6.07) is 4.78. The Balaban J connectivity index is 0.000000306. The molecule has 0 aliphatic rings. The van der Waals surface area contributed by atoms with Crippen molar-refractivity contribution in [3.05, 3.63) is 65.8 Å². The third-order valence-electron chi connectivity index (χ3n) is 5.32. The first-order valence-corrected chi connectivity index (χ1v) is 11.6. The molecule has 8 nitrogen and oxygen atoms in total. The number of aromatic nitrogens is 3. The van der Waals surface area contributed by atoms with E-state index in [1.165, 1.54) is 27.1 Å². The fraction of sp³-hybridized carbons (Fsp3) is 0.346. The molecule has 39 heavy (non-hydrogen) atoms. The molecule has 0 saturated carbocycles. The molecule has 0 saturated heterocycles. The molecule has 3 aromatic rings. The summed E-state index contributed by atoms with van der Waals surface area (Å²) in [5.41, 5.74) is -0.618. The number of hydrogen-bond acceptors (Lipinski definition) is 6. The first-order chi connectivity index (χ1) is 18.2. The lowest BCUT2D eigenvalue weighted by Crippen LogP contribution is -2.30. The van der Waals surface area contributed by atoms with Crippen molar-refractivity contribution in [1.29, 1.82) is 0 Å². The number of benzene rings is 1. The van der Waals surface area contributed by atoms with Crippen LogP contribution in [-0.4, -0.2) is 46.6 Å². The fourth-order valence-electron chi connectivity index (χ4n) is 3.40. The van der Waals surface area contributed by atoms with Gasteiger partial charge in [0.05, 0.1) is 36.4 Å². The van der Waals surface area contributed by atoms with Crippen LogP contribution in [0.15, 0.2) is 47.2 Å². The highest BCUT2D eigenvalue weighted by Gasteiger charge is 2.41. The second-order valence-electron chi connectivity index (χ2n) is 8.56. The van der Waals surface area contributed by atoms with Gasteiger partial charge >= 0.3 is 6.18 Å². The van der Waals surface area contributed by atoms with Crippen molar-refractivity contribution >= 4 is 34.7 Å². The van der Waals surface area contributed by atoms with Gasteiger partial charge in [0.15, 0.2) is 11.6 Å². The first kappa shape index (κ1) is 31.1. The summed E-state index contributed by atoms with van der Waals surface area (Å²) in [5.74, 6) is -3.22. The van der Waals surface area contributed by atoms with E-state index in [-0.39, 0.29) is 11.4 Å². The molecule has 0 atom stereocenters. The smallest absolute Gasteiger partial charge is 0.449 e. The Hall–Kier alpha value is -4.16. The maximum Gasteiger partial charge on any atom is 0.449 e. The highest BCUT2D eigenvalue weighted by atomic mass is 19.4.